The van der Waals surface area contributed by atoms with E-state index in [1.54, 1.807) is 0 Å². The van der Waals surface area contributed by atoms with Crippen LogP contribution in [0.2, 0.25) is 0 Å². The maximum absolute atomic E-state index is 11.7. The summed E-state index contributed by atoms with van der Waals surface area (Å²) < 4.78 is 35.0. The number of carbonyl (C=O) groups excluding carboxylic acids is 1. The smallest absolute Gasteiger partial charge is 0.295 e. The van der Waals surface area contributed by atoms with Crippen molar-refractivity contribution in [3.05, 3.63) is 12.2 Å². The lowest BCUT2D eigenvalue weighted by molar-refractivity contribution is -0.148. The van der Waals surface area contributed by atoms with Gasteiger partial charge in [0.05, 0.1) is 0 Å². The molecule has 0 atom stereocenters. The fraction of sp³-hybridized carbons (Fsp3) is 0.700. The Morgan fingerprint density at radius 3 is 2.43 bits per heavy atom. The molecule has 0 radical (unpaired) electrons. The van der Waals surface area contributed by atoms with Crippen molar-refractivity contribution in [3.63, 3.8) is 0 Å². The minimum atomic E-state index is -4.38. The van der Waals surface area contributed by atoms with E-state index in [1.807, 2.05) is 6.92 Å². The van der Waals surface area contributed by atoms with E-state index in [2.05, 4.69) is 0 Å². The van der Waals surface area contributed by atoms with Crippen LogP contribution in [0.4, 0.5) is 13.2 Å². The standard InChI is InChI=1S/C10H15F3O/c1-2-3-4-5-6-7-9(14)8-10(11,12)13/h6-7H,2-5,8H2,1H3/b7-6+. The van der Waals surface area contributed by atoms with Gasteiger partial charge >= 0.3 is 6.18 Å². The lowest BCUT2D eigenvalue weighted by Gasteiger charge is -2.01. The summed E-state index contributed by atoms with van der Waals surface area (Å²) in [5, 5.41) is 0. The van der Waals surface area contributed by atoms with E-state index in [9.17, 15) is 18.0 Å². The third-order valence-electron chi connectivity index (χ3n) is 1.65. The van der Waals surface area contributed by atoms with Crippen molar-refractivity contribution in [2.75, 3.05) is 0 Å². The summed E-state index contributed by atoms with van der Waals surface area (Å²) in [6.45, 7) is 2.04. The molecule has 0 aromatic carbocycles. The van der Waals surface area contributed by atoms with Crippen molar-refractivity contribution in [1.82, 2.24) is 0 Å². The lowest BCUT2D eigenvalue weighted by atomic mass is 10.2. The van der Waals surface area contributed by atoms with E-state index >= 15 is 0 Å². The Morgan fingerprint density at radius 2 is 1.93 bits per heavy atom. The van der Waals surface area contributed by atoms with Gasteiger partial charge < -0.3 is 0 Å². The van der Waals surface area contributed by atoms with E-state index in [-0.39, 0.29) is 0 Å². The molecule has 0 aliphatic rings. The Hall–Kier alpha value is -0.800. The number of halogens is 3. The molecule has 0 N–H and O–H groups in total. The van der Waals surface area contributed by atoms with Crippen LogP contribution in [0.1, 0.15) is 39.0 Å². The SMILES string of the molecule is CCCCC/C=C/C(=O)CC(F)(F)F. The topological polar surface area (TPSA) is 17.1 Å². The summed E-state index contributed by atoms with van der Waals surface area (Å²) in [6.07, 6.45) is 0.515. The number of hydrogen-bond donors (Lipinski definition) is 0. The molecule has 0 aliphatic carbocycles. The lowest BCUT2D eigenvalue weighted by Crippen LogP contribution is -2.12. The maximum atomic E-state index is 11.7. The van der Waals surface area contributed by atoms with Crippen molar-refractivity contribution in [3.8, 4) is 0 Å². The Kier molecular flexibility index (Phi) is 6.25. The van der Waals surface area contributed by atoms with Gasteiger partial charge in [0.15, 0.2) is 5.78 Å². The molecule has 0 amide bonds. The molecule has 1 nitrogen and oxygen atoms in total. The Morgan fingerprint density at radius 1 is 1.29 bits per heavy atom. The number of ketones is 1. The second-order valence-electron chi connectivity index (χ2n) is 3.16. The van der Waals surface area contributed by atoms with Crippen molar-refractivity contribution in [2.24, 2.45) is 0 Å². The number of unbranched alkanes of at least 4 members (excludes halogenated alkanes) is 3. The van der Waals surface area contributed by atoms with E-state index in [1.165, 1.54) is 6.08 Å². The highest BCUT2D eigenvalue weighted by Gasteiger charge is 2.29. The van der Waals surface area contributed by atoms with Gasteiger partial charge in [-0.05, 0) is 18.9 Å². The van der Waals surface area contributed by atoms with Crippen LogP contribution < -0.4 is 0 Å². The van der Waals surface area contributed by atoms with Gasteiger partial charge in [-0.2, -0.15) is 13.2 Å². The third kappa shape index (κ3) is 9.29. The van der Waals surface area contributed by atoms with Crippen molar-refractivity contribution < 1.29 is 18.0 Å². The fourth-order valence-corrected chi connectivity index (χ4v) is 0.983. The molecule has 0 fully saturated rings. The minimum Gasteiger partial charge on any atom is -0.295 e. The molecular formula is C10H15F3O. The van der Waals surface area contributed by atoms with Crippen LogP contribution in [-0.4, -0.2) is 12.0 Å². The van der Waals surface area contributed by atoms with Crippen LogP contribution in [0, 0.1) is 0 Å². The molecule has 0 heterocycles. The summed E-state index contributed by atoms with van der Waals surface area (Å²) in [7, 11) is 0. The van der Waals surface area contributed by atoms with Crippen LogP contribution >= 0.6 is 0 Å². The third-order valence-corrected chi connectivity index (χ3v) is 1.65. The molecule has 0 saturated carbocycles. The molecule has 0 bridgehead atoms. The van der Waals surface area contributed by atoms with Crippen LogP contribution in [0.3, 0.4) is 0 Å². The van der Waals surface area contributed by atoms with Gasteiger partial charge in [-0.25, -0.2) is 0 Å². The average Bonchev–Trinajstić information content (AvgIpc) is 2.00. The zero-order valence-corrected chi connectivity index (χ0v) is 8.23. The van der Waals surface area contributed by atoms with Crippen LogP contribution in [0.15, 0.2) is 12.2 Å². The van der Waals surface area contributed by atoms with Gasteiger partial charge in [-0.15, -0.1) is 0 Å². The highest BCUT2D eigenvalue weighted by molar-refractivity contribution is 5.90. The minimum absolute atomic E-state index is 0.678. The second-order valence-corrected chi connectivity index (χ2v) is 3.16. The van der Waals surface area contributed by atoms with Crippen molar-refractivity contribution >= 4 is 5.78 Å². The second kappa shape index (κ2) is 6.62. The highest BCUT2D eigenvalue weighted by Crippen LogP contribution is 2.19. The van der Waals surface area contributed by atoms with E-state index in [4.69, 9.17) is 0 Å². The van der Waals surface area contributed by atoms with E-state index in [0.717, 1.165) is 25.3 Å². The van der Waals surface area contributed by atoms with Gasteiger partial charge in [-0.3, -0.25) is 4.79 Å². The fourth-order valence-electron chi connectivity index (χ4n) is 0.983. The number of carbonyl (C=O) groups is 1. The monoisotopic (exact) mass is 208 g/mol. The summed E-state index contributed by atoms with van der Waals surface area (Å²) in [5.41, 5.74) is 0. The summed E-state index contributed by atoms with van der Waals surface area (Å²) in [5.74, 6) is -0.867. The molecule has 0 rings (SSSR count). The van der Waals surface area contributed by atoms with Gasteiger partial charge in [0.2, 0.25) is 0 Å². The number of rotatable bonds is 6. The largest absolute Gasteiger partial charge is 0.396 e. The first-order valence-corrected chi connectivity index (χ1v) is 4.72. The van der Waals surface area contributed by atoms with E-state index in [0.29, 0.717) is 6.42 Å². The molecule has 0 aromatic heterocycles. The first kappa shape index (κ1) is 13.2. The molecule has 14 heavy (non-hydrogen) atoms. The Balaban J connectivity index is 3.61. The van der Waals surface area contributed by atoms with Crippen molar-refractivity contribution in [1.29, 1.82) is 0 Å². The molecule has 0 aliphatic heterocycles. The molecular weight excluding hydrogens is 193 g/mol. The van der Waals surface area contributed by atoms with Crippen molar-refractivity contribution in [2.45, 2.75) is 45.2 Å². The summed E-state index contributed by atoms with van der Waals surface area (Å²) >= 11 is 0. The predicted octanol–water partition coefficient (Wildman–Crippen LogP) is 3.64. The molecule has 0 unspecified atom stereocenters. The first-order valence-electron chi connectivity index (χ1n) is 4.72. The predicted molar refractivity (Wildman–Crippen MR) is 49.0 cm³/mol. The van der Waals surface area contributed by atoms with Gasteiger partial charge in [0.1, 0.15) is 6.42 Å². The quantitative estimate of drug-likeness (QED) is 0.481. The number of hydrogen-bond acceptors (Lipinski definition) is 1. The molecule has 0 spiro atoms. The van der Waals surface area contributed by atoms with Gasteiger partial charge in [0, 0.05) is 0 Å². The first-order chi connectivity index (χ1) is 6.45. The Labute approximate surface area is 82.0 Å². The zero-order chi connectivity index (χ0) is 11.0. The Bertz CT molecular complexity index is 194. The van der Waals surface area contributed by atoms with E-state index < -0.39 is 18.4 Å². The zero-order valence-electron chi connectivity index (χ0n) is 8.23. The van der Waals surface area contributed by atoms with Crippen LogP contribution in [0.5, 0.6) is 0 Å². The average molecular weight is 208 g/mol. The molecule has 0 saturated heterocycles. The number of alkyl halides is 3. The molecule has 82 valence electrons. The number of allylic oxidation sites excluding steroid dienone is 2. The molecule has 0 aromatic rings. The van der Waals surface area contributed by atoms with Crippen LogP contribution in [0.25, 0.3) is 0 Å². The summed E-state index contributed by atoms with van der Waals surface area (Å²) in [4.78, 5) is 10.7. The molecule has 4 heteroatoms. The van der Waals surface area contributed by atoms with Gasteiger partial charge in [-0.1, -0.05) is 25.8 Å². The normalized spacial score (nSPS) is 12.3. The van der Waals surface area contributed by atoms with Gasteiger partial charge in [0.25, 0.3) is 0 Å². The highest BCUT2D eigenvalue weighted by atomic mass is 19.4. The van der Waals surface area contributed by atoms with Crippen LogP contribution in [-0.2, 0) is 4.79 Å². The summed E-state index contributed by atoms with van der Waals surface area (Å²) in [6, 6.07) is 0. The maximum Gasteiger partial charge on any atom is 0.396 e.